The Morgan fingerprint density at radius 3 is 2.00 bits per heavy atom. The van der Waals surface area contributed by atoms with Crippen LogP contribution in [0.3, 0.4) is 0 Å². The zero-order valence-electron chi connectivity index (χ0n) is 5.36. The van der Waals surface area contributed by atoms with Crippen LogP contribution in [0, 0.1) is 6.92 Å². The van der Waals surface area contributed by atoms with Gasteiger partial charge in [0.05, 0.1) is 0 Å². The average Bonchev–Trinajstić information content (AvgIpc) is 1.82. The van der Waals surface area contributed by atoms with Gasteiger partial charge >= 0.3 is 0 Å². The molecule has 0 aliphatic heterocycles. The summed E-state index contributed by atoms with van der Waals surface area (Å²) in [6.07, 6.45) is 0. The average molecular weight is 282 g/mol. The van der Waals surface area contributed by atoms with E-state index in [0.717, 1.165) is 13.8 Å². The van der Waals surface area contributed by atoms with E-state index in [1.807, 2.05) is 19.1 Å². The highest BCUT2D eigenvalue weighted by Crippen LogP contribution is 2.27. The fourth-order valence-electron chi connectivity index (χ4n) is 0.632. The predicted molar refractivity (Wildman–Crippen MR) is 53.8 cm³/mol. The van der Waals surface area contributed by atoms with E-state index in [9.17, 15) is 0 Å². The number of thiol groups is 1. The van der Waals surface area contributed by atoms with Crippen molar-refractivity contribution in [3.63, 3.8) is 0 Å². The first kappa shape index (κ1) is 8.62. The summed E-state index contributed by atoms with van der Waals surface area (Å²) in [5.74, 6) is 0. The van der Waals surface area contributed by atoms with E-state index < -0.39 is 0 Å². The van der Waals surface area contributed by atoms with Gasteiger partial charge < -0.3 is 0 Å². The number of hydrogen-bond donors (Lipinski definition) is 1. The quantitative estimate of drug-likeness (QED) is 0.687. The third-order valence-corrected chi connectivity index (χ3v) is 3.17. The lowest BCUT2D eigenvalue weighted by Gasteiger charge is -2.01. The molecule has 0 atom stereocenters. The van der Waals surface area contributed by atoms with Crippen molar-refractivity contribution in [1.82, 2.24) is 0 Å². The Hall–Kier alpha value is 0.530. The summed E-state index contributed by atoms with van der Waals surface area (Å²) in [4.78, 5) is 0.962. The molecule has 0 nitrogen and oxygen atoms in total. The molecule has 0 aliphatic carbocycles. The molecule has 0 aromatic heterocycles. The molecule has 0 spiro atoms. The van der Waals surface area contributed by atoms with E-state index in [1.165, 1.54) is 5.56 Å². The van der Waals surface area contributed by atoms with Crippen LogP contribution < -0.4 is 0 Å². The Morgan fingerprint density at radius 2 is 1.60 bits per heavy atom. The van der Waals surface area contributed by atoms with Crippen LogP contribution >= 0.6 is 44.5 Å². The third kappa shape index (κ3) is 1.77. The molecule has 1 aromatic carbocycles. The van der Waals surface area contributed by atoms with E-state index in [1.54, 1.807) is 0 Å². The largest absolute Gasteiger partial charge is 0.143 e. The molecule has 0 amide bonds. The minimum Gasteiger partial charge on any atom is -0.143 e. The van der Waals surface area contributed by atoms with E-state index in [0.29, 0.717) is 0 Å². The molecule has 10 heavy (non-hydrogen) atoms. The molecule has 0 bridgehead atoms. The van der Waals surface area contributed by atoms with Gasteiger partial charge in [-0.05, 0) is 24.6 Å². The summed E-state index contributed by atoms with van der Waals surface area (Å²) < 4.78 is 2.18. The fraction of sp³-hybridized carbons (Fsp3) is 0.143. The zero-order valence-corrected chi connectivity index (χ0v) is 9.42. The summed E-state index contributed by atoms with van der Waals surface area (Å²) in [5.41, 5.74) is 1.21. The maximum Gasteiger partial charge on any atom is 0.0226 e. The van der Waals surface area contributed by atoms with E-state index >= 15 is 0 Å². The van der Waals surface area contributed by atoms with Crippen molar-refractivity contribution in [3.8, 4) is 0 Å². The number of rotatable bonds is 0. The molecular formula is C7H6Br2S. The van der Waals surface area contributed by atoms with Gasteiger partial charge in [0.25, 0.3) is 0 Å². The normalized spacial score (nSPS) is 10.0. The van der Waals surface area contributed by atoms with E-state index in [-0.39, 0.29) is 0 Å². The van der Waals surface area contributed by atoms with Crippen molar-refractivity contribution in [2.45, 2.75) is 11.8 Å². The highest BCUT2D eigenvalue weighted by atomic mass is 79.9. The molecule has 0 N–H and O–H groups in total. The molecule has 1 aromatic rings. The van der Waals surface area contributed by atoms with Gasteiger partial charge in [0, 0.05) is 13.8 Å². The number of benzene rings is 1. The van der Waals surface area contributed by atoms with Gasteiger partial charge in [0.15, 0.2) is 0 Å². The Bertz CT molecular complexity index is 235. The second kappa shape index (κ2) is 3.28. The van der Waals surface area contributed by atoms with Crippen LogP contribution in [-0.2, 0) is 0 Å². The first-order valence-electron chi connectivity index (χ1n) is 2.76. The Labute approximate surface area is 82.7 Å². The number of halogens is 2. The maximum atomic E-state index is 4.21. The summed E-state index contributed by atoms with van der Waals surface area (Å²) in [7, 11) is 0. The molecule has 0 radical (unpaired) electrons. The Balaban J connectivity index is 3.31. The highest BCUT2D eigenvalue weighted by molar-refractivity contribution is 9.11. The first-order valence-corrected chi connectivity index (χ1v) is 4.79. The molecular weight excluding hydrogens is 276 g/mol. The second-order valence-corrected chi connectivity index (χ2v) is 4.26. The SMILES string of the molecule is Cc1c(Br)cc(S)cc1Br. The lowest BCUT2D eigenvalue weighted by molar-refractivity contribution is 1.32. The molecule has 1 rings (SSSR count). The van der Waals surface area contributed by atoms with Crippen LogP contribution in [0.15, 0.2) is 26.0 Å². The molecule has 0 saturated heterocycles. The maximum absolute atomic E-state index is 4.21. The monoisotopic (exact) mass is 280 g/mol. The fourth-order valence-corrected chi connectivity index (χ4v) is 2.43. The standard InChI is InChI=1S/C7H6Br2S/c1-4-6(8)2-5(10)3-7(4)9/h2-3,10H,1H3. The summed E-state index contributed by atoms with van der Waals surface area (Å²) in [6.45, 7) is 2.04. The summed E-state index contributed by atoms with van der Waals surface area (Å²) in [5, 5.41) is 0. The van der Waals surface area contributed by atoms with Gasteiger partial charge in [0.1, 0.15) is 0 Å². The molecule has 0 fully saturated rings. The molecule has 0 unspecified atom stereocenters. The van der Waals surface area contributed by atoms with E-state index in [4.69, 9.17) is 0 Å². The smallest absolute Gasteiger partial charge is 0.0226 e. The van der Waals surface area contributed by atoms with Crippen LogP contribution in [0.25, 0.3) is 0 Å². The van der Waals surface area contributed by atoms with Crippen molar-refractivity contribution >= 4 is 44.5 Å². The van der Waals surface area contributed by atoms with Gasteiger partial charge in [-0.2, -0.15) is 0 Å². The van der Waals surface area contributed by atoms with Gasteiger partial charge in [0.2, 0.25) is 0 Å². The van der Waals surface area contributed by atoms with Gasteiger partial charge in [-0.25, -0.2) is 0 Å². The van der Waals surface area contributed by atoms with Gasteiger partial charge in [-0.15, -0.1) is 12.6 Å². The summed E-state index contributed by atoms with van der Waals surface area (Å²) in [6, 6.07) is 3.95. The van der Waals surface area contributed by atoms with Crippen molar-refractivity contribution in [3.05, 3.63) is 26.6 Å². The zero-order chi connectivity index (χ0) is 7.72. The minimum atomic E-state index is 0.962. The van der Waals surface area contributed by atoms with Gasteiger partial charge in [-0.3, -0.25) is 0 Å². The van der Waals surface area contributed by atoms with Crippen LogP contribution in [0.1, 0.15) is 5.56 Å². The first-order chi connectivity index (χ1) is 4.61. The van der Waals surface area contributed by atoms with Gasteiger partial charge in [-0.1, -0.05) is 31.9 Å². The lowest BCUT2D eigenvalue weighted by Crippen LogP contribution is -1.77. The minimum absolute atomic E-state index is 0.962. The second-order valence-electron chi connectivity index (χ2n) is 2.03. The van der Waals surface area contributed by atoms with Crippen LogP contribution in [0.4, 0.5) is 0 Å². The number of hydrogen-bond acceptors (Lipinski definition) is 1. The Kier molecular flexibility index (Phi) is 2.83. The molecule has 0 saturated carbocycles. The van der Waals surface area contributed by atoms with E-state index in [2.05, 4.69) is 44.5 Å². The Morgan fingerprint density at radius 1 is 1.20 bits per heavy atom. The van der Waals surface area contributed by atoms with Crippen LogP contribution in [0.2, 0.25) is 0 Å². The lowest BCUT2D eigenvalue weighted by atomic mass is 10.2. The molecule has 3 heteroatoms. The van der Waals surface area contributed by atoms with Crippen molar-refractivity contribution in [2.75, 3.05) is 0 Å². The summed E-state index contributed by atoms with van der Waals surface area (Å²) >= 11 is 11.0. The van der Waals surface area contributed by atoms with Crippen LogP contribution in [-0.4, -0.2) is 0 Å². The molecule has 0 heterocycles. The topological polar surface area (TPSA) is 0 Å². The molecule has 54 valence electrons. The predicted octanol–water partition coefficient (Wildman–Crippen LogP) is 3.81. The van der Waals surface area contributed by atoms with Crippen molar-refractivity contribution < 1.29 is 0 Å². The third-order valence-electron chi connectivity index (χ3n) is 1.27. The van der Waals surface area contributed by atoms with Crippen molar-refractivity contribution in [2.24, 2.45) is 0 Å². The highest BCUT2D eigenvalue weighted by Gasteiger charge is 1.99. The van der Waals surface area contributed by atoms with Crippen molar-refractivity contribution in [1.29, 1.82) is 0 Å². The van der Waals surface area contributed by atoms with Crippen LogP contribution in [0.5, 0.6) is 0 Å². The molecule has 0 aliphatic rings.